The predicted octanol–water partition coefficient (Wildman–Crippen LogP) is 4.61. The summed E-state index contributed by atoms with van der Waals surface area (Å²) in [5.41, 5.74) is 3.04. The Bertz CT molecular complexity index is 1180. The maximum Gasteiger partial charge on any atom is 0.363 e. The maximum atomic E-state index is 12.3. The van der Waals surface area contributed by atoms with Crippen LogP contribution in [0.1, 0.15) is 11.1 Å². The number of nitro groups is 1. The van der Waals surface area contributed by atoms with E-state index >= 15 is 0 Å². The van der Waals surface area contributed by atoms with Gasteiger partial charge in [0.1, 0.15) is 5.75 Å². The van der Waals surface area contributed by atoms with Crippen molar-refractivity contribution in [3.8, 4) is 16.9 Å². The van der Waals surface area contributed by atoms with Crippen LogP contribution in [-0.2, 0) is 9.53 Å². The lowest BCUT2D eigenvalue weighted by molar-refractivity contribution is -0.384. The molecule has 1 aliphatic heterocycles. The standard InChI is InChI=1S/C23H16N2O5/c1-29-21-12-11-19(25(27)28)13-18(21)14-20-23(26)30-22(24-20)17-9-7-16(8-10-17)15-5-3-2-4-6-15/h2-14H,1H3/b20-14-. The zero-order valence-electron chi connectivity index (χ0n) is 15.9. The number of non-ortho nitro benzene ring substituents is 1. The summed E-state index contributed by atoms with van der Waals surface area (Å²) >= 11 is 0. The van der Waals surface area contributed by atoms with Crippen LogP contribution in [0.25, 0.3) is 17.2 Å². The molecule has 1 heterocycles. The topological polar surface area (TPSA) is 91.0 Å². The van der Waals surface area contributed by atoms with Crippen LogP contribution >= 0.6 is 0 Å². The first-order chi connectivity index (χ1) is 14.5. The minimum Gasteiger partial charge on any atom is -0.496 e. The van der Waals surface area contributed by atoms with Crippen molar-refractivity contribution in [2.45, 2.75) is 0 Å². The summed E-state index contributed by atoms with van der Waals surface area (Å²) in [6, 6.07) is 21.5. The van der Waals surface area contributed by atoms with E-state index in [-0.39, 0.29) is 17.3 Å². The number of hydrogen-bond donors (Lipinski definition) is 0. The number of hydrogen-bond acceptors (Lipinski definition) is 6. The first-order valence-corrected chi connectivity index (χ1v) is 9.06. The van der Waals surface area contributed by atoms with Crippen molar-refractivity contribution >= 4 is 23.6 Å². The summed E-state index contributed by atoms with van der Waals surface area (Å²) in [7, 11) is 1.44. The van der Waals surface area contributed by atoms with E-state index in [9.17, 15) is 14.9 Å². The Balaban J connectivity index is 1.65. The number of benzene rings is 3. The molecule has 0 amide bonds. The fourth-order valence-electron chi connectivity index (χ4n) is 3.06. The smallest absolute Gasteiger partial charge is 0.363 e. The minimum atomic E-state index is -0.634. The molecular weight excluding hydrogens is 384 g/mol. The summed E-state index contributed by atoms with van der Waals surface area (Å²) in [6.45, 7) is 0. The van der Waals surface area contributed by atoms with Crippen molar-refractivity contribution in [3.05, 3.63) is 99.7 Å². The van der Waals surface area contributed by atoms with Gasteiger partial charge in [0.2, 0.25) is 5.90 Å². The van der Waals surface area contributed by atoms with Crippen LogP contribution in [0.15, 0.2) is 83.5 Å². The van der Waals surface area contributed by atoms with Gasteiger partial charge in [0.05, 0.1) is 12.0 Å². The highest BCUT2D eigenvalue weighted by Crippen LogP contribution is 2.28. The van der Waals surface area contributed by atoms with Crippen LogP contribution in [0.2, 0.25) is 0 Å². The molecule has 7 heteroatoms. The van der Waals surface area contributed by atoms with Crippen molar-refractivity contribution in [2.24, 2.45) is 4.99 Å². The highest BCUT2D eigenvalue weighted by molar-refractivity contribution is 6.13. The number of carbonyl (C=O) groups is 1. The second kappa shape index (κ2) is 8.00. The van der Waals surface area contributed by atoms with E-state index < -0.39 is 10.9 Å². The number of esters is 1. The van der Waals surface area contributed by atoms with E-state index in [2.05, 4.69) is 4.99 Å². The Kier molecular flexibility index (Phi) is 5.09. The number of rotatable bonds is 5. The second-order valence-electron chi connectivity index (χ2n) is 6.46. The molecule has 0 fully saturated rings. The Morgan fingerprint density at radius 1 is 0.967 bits per heavy atom. The van der Waals surface area contributed by atoms with Gasteiger partial charge >= 0.3 is 5.97 Å². The SMILES string of the molecule is COc1ccc([N+](=O)[O-])cc1/C=C1\N=C(c2ccc(-c3ccccc3)cc2)OC1=O. The molecule has 0 radical (unpaired) electrons. The van der Waals surface area contributed by atoms with Gasteiger partial charge in [-0.05, 0) is 35.4 Å². The molecule has 4 rings (SSSR count). The number of carbonyl (C=O) groups excluding carboxylic acids is 1. The Labute approximate surface area is 172 Å². The minimum absolute atomic E-state index is 0.0379. The normalized spacial score (nSPS) is 14.4. The lowest BCUT2D eigenvalue weighted by Crippen LogP contribution is -2.05. The molecule has 0 spiro atoms. The Hall–Kier alpha value is -4.26. The zero-order chi connectivity index (χ0) is 21.1. The average molecular weight is 400 g/mol. The number of ether oxygens (including phenoxy) is 2. The van der Waals surface area contributed by atoms with Gasteiger partial charge in [0, 0.05) is 23.3 Å². The third-order valence-electron chi connectivity index (χ3n) is 4.58. The largest absolute Gasteiger partial charge is 0.496 e. The molecule has 0 saturated carbocycles. The predicted molar refractivity (Wildman–Crippen MR) is 112 cm³/mol. The van der Waals surface area contributed by atoms with Gasteiger partial charge in [0.15, 0.2) is 5.70 Å². The monoisotopic (exact) mass is 400 g/mol. The Morgan fingerprint density at radius 2 is 1.63 bits per heavy atom. The zero-order valence-corrected chi connectivity index (χ0v) is 15.9. The Morgan fingerprint density at radius 3 is 2.30 bits per heavy atom. The van der Waals surface area contributed by atoms with Crippen LogP contribution in [-0.4, -0.2) is 23.9 Å². The molecule has 30 heavy (non-hydrogen) atoms. The summed E-state index contributed by atoms with van der Waals surface area (Å²) in [5, 5.41) is 11.0. The fourth-order valence-corrected chi connectivity index (χ4v) is 3.06. The van der Waals surface area contributed by atoms with Gasteiger partial charge < -0.3 is 9.47 Å². The number of nitrogens with zero attached hydrogens (tertiary/aromatic N) is 2. The van der Waals surface area contributed by atoms with Crippen LogP contribution in [0.5, 0.6) is 5.75 Å². The summed E-state index contributed by atoms with van der Waals surface area (Å²) < 4.78 is 10.5. The fraction of sp³-hybridized carbons (Fsp3) is 0.0435. The molecule has 7 nitrogen and oxygen atoms in total. The third kappa shape index (κ3) is 3.81. The van der Waals surface area contributed by atoms with Crippen LogP contribution in [0.3, 0.4) is 0 Å². The van der Waals surface area contributed by atoms with Gasteiger partial charge in [-0.1, -0.05) is 42.5 Å². The molecule has 0 unspecified atom stereocenters. The number of nitro benzene ring substituents is 1. The van der Waals surface area contributed by atoms with E-state index in [1.165, 1.54) is 31.4 Å². The van der Waals surface area contributed by atoms with E-state index in [1.54, 1.807) is 0 Å². The van der Waals surface area contributed by atoms with Crippen molar-refractivity contribution in [1.82, 2.24) is 0 Å². The van der Waals surface area contributed by atoms with Crippen LogP contribution < -0.4 is 4.74 Å². The van der Waals surface area contributed by atoms with Crippen molar-refractivity contribution in [2.75, 3.05) is 7.11 Å². The molecule has 0 aromatic heterocycles. The molecule has 3 aromatic rings. The molecule has 0 saturated heterocycles. The molecule has 1 aliphatic rings. The highest BCUT2D eigenvalue weighted by Gasteiger charge is 2.25. The summed E-state index contributed by atoms with van der Waals surface area (Å²) in [5.74, 6) is -0.0716. The third-order valence-corrected chi connectivity index (χ3v) is 4.58. The van der Waals surface area contributed by atoms with Crippen LogP contribution in [0, 0.1) is 10.1 Å². The number of cyclic esters (lactones) is 1. The van der Waals surface area contributed by atoms with Gasteiger partial charge in [-0.3, -0.25) is 10.1 Å². The van der Waals surface area contributed by atoms with E-state index in [1.807, 2.05) is 54.6 Å². The number of aliphatic imine (C=N–C) groups is 1. The van der Waals surface area contributed by atoms with Crippen molar-refractivity contribution < 1.29 is 19.2 Å². The van der Waals surface area contributed by atoms with E-state index in [4.69, 9.17) is 9.47 Å². The highest BCUT2D eigenvalue weighted by atomic mass is 16.6. The quantitative estimate of drug-likeness (QED) is 0.270. The van der Waals surface area contributed by atoms with Crippen molar-refractivity contribution in [1.29, 1.82) is 0 Å². The first-order valence-electron chi connectivity index (χ1n) is 9.06. The lowest BCUT2D eigenvalue weighted by atomic mass is 10.0. The molecule has 0 aliphatic carbocycles. The maximum absolute atomic E-state index is 12.3. The van der Waals surface area contributed by atoms with Crippen molar-refractivity contribution in [3.63, 3.8) is 0 Å². The lowest BCUT2D eigenvalue weighted by Gasteiger charge is -2.04. The molecule has 3 aromatic carbocycles. The van der Waals surface area contributed by atoms with Gasteiger partial charge in [-0.15, -0.1) is 0 Å². The summed E-state index contributed by atoms with van der Waals surface area (Å²) in [6.07, 6.45) is 1.42. The number of methoxy groups -OCH3 is 1. The van der Waals surface area contributed by atoms with Gasteiger partial charge in [-0.2, -0.15) is 0 Å². The molecule has 0 bridgehead atoms. The first kappa shape index (κ1) is 19.1. The molecule has 148 valence electrons. The molecular formula is C23H16N2O5. The van der Waals surface area contributed by atoms with E-state index in [0.29, 0.717) is 16.9 Å². The van der Waals surface area contributed by atoms with E-state index in [0.717, 1.165) is 11.1 Å². The molecule has 0 N–H and O–H groups in total. The second-order valence-corrected chi connectivity index (χ2v) is 6.46. The van der Waals surface area contributed by atoms with Crippen LogP contribution in [0.4, 0.5) is 5.69 Å². The van der Waals surface area contributed by atoms with Gasteiger partial charge in [-0.25, -0.2) is 9.79 Å². The molecule has 0 atom stereocenters. The summed E-state index contributed by atoms with van der Waals surface area (Å²) in [4.78, 5) is 27.1. The average Bonchev–Trinajstić information content (AvgIpc) is 3.14. The van der Waals surface area contributed by atoms with Gasteiger partial charge in [0.25, 0.3) is 5.69 Å².